The van der Waals surface area contributed by atoms with Gasteiger partial charge in [-0.05, 0) is 34.1 Å². The maximum absolute atomic E-state index is 10.4. The first kappa shape index (κ1) is 14.5. The average Bonchev–Trinajstić information content (AvgIpc) is 2.50. The molecule has 1 heterocycles. The third-order valence-electron chi connectivity index (χ3n) is 3.40. The molecule has 0 radical (unpaired) electrons. The van der Waals surface area contributed by atoms with Crippen molar-refractivity contribution < 1.29 is 5.11 Å². The number of aliphatic hydroxyl groups is 1. The third-order valence-corrected chi connectivity index (χ3v) is 4.71. The Kier molecular flexibility index (Phi) is 4.24. The Morgan fingerprint density at radius 2 is 1.86 bits per heavy atom. The number of para-hydroxylation sites is 1. The number of hydrogen-bond donors (Lipinski definition) is 1. The van der Waals surface area contributed by atoms with Crippen LogP contribution in [-0.2, 0) is 6.42 Å². The van der Waals surface area contributed by atoms with Gasteiger partial charge in [0.25, 0.3) is 0 Å². The van der Waals surface area contributed by atoms with Gasteiger partial charge in [-0.2, -0.15) is 0 Å². The van der Waals surface area contributed by atoms with Gasteiger partial charge in [0.1, 0.15) is 0 Å². The predicted octanol–water partition coefficient (Wildman–Crippen LogP) is 4.93. The number of fused-ring (bicyclic) bond motifs is 1. The number of aromatic nitrogens is 1. The van der Waals surface area contributed by atoms with Crippen molar-refractivity contribution >= 4 is 38.4 Å². The van der Waals surface area contributed by atoms with Crippen LogP contribution in [0.1, 0.15) is 17.4 Å². The largest absolute Gasteiger partial charge is 0.388 e. The maximum Gasteiger partial charge on any atom is 0.0860 e. The van der Waals surface area contributed by atoms with Crippen LogP contribution in [0.2, 0.25) is 5.02 Å². The molecule has 0 saturated heterocycles. The average molecular weight is 363 g/mol. The molecule has 1 atom stereocenters. The molecule has 3 rings (SSSR count). The molecule has 4 heteroatoms. The van der Waals surface area contributed by atoms with Crippen molar-refractivity contribution in [2.75, 3.05) is 0 Å². The van der Waals surface area contributed by atoms with Crippen LogP contribution in [0.25, 0.3) is 10.9 Å². The number of aliphatic hydroxyl groups excluding tert-OH is 1. The number of halogens is 2. The first-order valence-corrected chi connectivity index (χ1v) is 7.79. The van der Waals surface area contributed by atoms with Gasteiger partial charge in [-0.3, -0.25) is 4.98 Å². The second kappa shape index (κ2) is 6.14. The zero-order valence-corrected chi connectivity index (χ0v) is 13.5. The van der Waals surface area contributed by atoms with Gasteiger partial charge < -0.3 is 5.11 Å². The van der Waals surface area contributed by atoms with Crippen molar-refractivity contribution in [3.63, 3.8) is 0 Å². The molecule has 106 valence electrons. The van der Waals surface area contributed by atoms with Crippen LogP contribution in [0.3, 0.4) is 0 Å². The lowest BCUT2D eigenvalue weighted by atomic mass is 10.0. The predicted molar refractivity (Wildman–Crippen MR) is 89.6 cm³/mol. The Hall–Kier alpha value is -1.42. The molecule has 1 N–H and O–H groups in total. The second-order valence-electron chi connectivity index (χ2n) is 4.86. The van der Waals surface area contributed by atoms with Crippen LogP contribution in [0.5, 0.6) is 0 Å². The van der Waals surface area contributed by atoms with E-state index in [1.165, 1.54) is 0 Å². The summed E-state index contributed by atoms with van der Waals surface area (Å²) in [7, 11) is 0. The lowest BCUT2D eigenvalue weighted by Gasteiger charge is -2.13. The highest BCUT2D eigenvalue weighted by atomic mass is 79.9. The molecule has 0 aliphatic rings. The SMILES string of the molecule is OC(Cc1ccc2ccccc2n1)c1cccc(Br)c1Cl. The Morgan fingerprint density at radius 1 is 1.05 bits per heavy atom. The summed E-state index contributed by atoms with van der Waals surface area (Å²) in [6, 6.07) is 17.4. The summed E-state index contributed by atoms with van der Waals surface area (Å²) in [5, 5.41) is 12.0. The fourth-order valence-electron chi connectivity index (χ4n) is 2.31. The quantitative estimate of drug-likeness (QED) is 0.717. The van der Waals surface area contributed by atoms with Gasteiger partial charge in [-0.15, -0.1) is 0 Å². The van der Waals surface area contributed by atoms with Gasteiger partial charge >= 0.3 is 0 Å². The molecule has 1 aromatic heterocycles. The summed E-state index contributed by atoms with van der Waals surface area (Å²) in [6.45, 7) is 0. The van der Waals surface area contributed by atoms with Crippen LogP contribution in [-0.4, -0.2) is 10.1 Å². The zero-order chi connectivity index (χ0) is 14.8. The lowest BCUT2D eigenvalue weighted by Crippen LogP contribution is -2.04. The number of rotatable bonds is 3. The Balaban J connectivity index is 1.89. The van der Waals surface area contributed by atoms with Gasteiger partial charge in [-0.25, -0.2) is 0 Å². The molecule has 0 aliphatic carbocycles. The summed E-state index contributed by atoms with van der Waals surface area (Å²) in [4.78, 5) is 4.58. The van der Waals surface area contributed by atoms with E-state index in [-0.39, 0.29) is 0 Å². The van der Waals surface area contributed by atoms with Gasteiger partial charge in [-0.1, -0.05) is 48.0 Å². The van der Waals surface area contributed by atoms with Gasteiger partial charge in [0.05, 0.1) is 16.6 Å². The first-order chi connectivity index (χ1) is 10.1. The van der Waals surface area contributed by atoms with E-state index < -0.39 is 6.10 Å². The summed E-state index contributed by atoms with van der Waals surface area (Å²) in [5.74, 6) is 0. The maximum atomic E-state index is 10.4. The summed E-state index contributed by atoms with van der Waals surface area (Å²) in [5.41, 5.74) is 2.49. The Morgan fingerprint density at radius 3 is 2.71 bits per heavy atom. The van der Waals surface area contributed by atoms with E-state index in [1.807, 2.05) is 54.6 Å². The summed E-state index contributed by atoms with van der Waals surface area (Å²) >= 11 is 9.60. The van der Waals surface area contributed by atoms with Gasteiger partial charge in [0.15, 0.2) is 0 Å². The van der Waals surface area contributed by atoms with Crippen molar-refractivity contribution in [3.8, 4) is 0 Å². The number of nitrogens with zero attached hydrogens (tertiary/aromatic N) is 1. The molecule has 0 aliphatic heterocycles. The molecule has 0 bridgehead atoms. The van der Waals surface area contributed by atoms with Crippen molar-refractivity contribution in [2.24, 2.45) is 0 Å². The normalized spacial score (nSPS) is 12.5. The van der Waals surface area contributed by atoms with Crippen LogP contribution >= 0.6 is 27.5 Å². The minimum atomic E-state index is -0.677. The fourth-order valence-corrected chi connectivity index (χ4v) is 2.94. The van der Waals surface area contributed by atoms with Crippen LogP contribution < -0.4 is 0 Å². The fraction of sp³-hybridized carbons (Fsp3) is 0.118. The molecule has 0 fully saturated rings. The molecule has 0 spiro atoms. The van der Waals surface area contributed by atoms with E-state index in [1.54, 1.807) is 0 Å². The number of pyridine rings is 1. The van der Waals surface area contributed by atoms with E-state index in [9.17, 15) is 5.11 Å². The minimum absolute atomic E-state index is 0.432. The molecule has 3 aromatic rings. The number of benzene rings is 2. The van der Waals surface area contributed by atoms with E-state index in [2.05, 4.69) is 20.9 Å². The molecular formula is C17H13BrClNO. The summed E-state index contributed by atoms with van der Waals surface area (Å²) < 4.78 is 0.784. The van der Waals surface area contributed by atoms with E-state index in [0.29, 0.717) is 17.0 Å². The molecule has 0 amide bonds. The molecule has 21 heavy (non-hydrogen) atoms. The first-order valence-electron chi connectivity index (χ1n) is 6.62. The van der Waals surface area contributed by atoms with E-state index in [0.717, 1.165) is 21.1 Å². The van der Waals surface area contributed by atoms with Gasteiger partial charge in [0.2, 0.25) is 0 Å². The van der Waals surface area contributed by atoms with Crippen LogP contribution in [0, 0.1) is 0 Å². The standard InChI is InChI=1S/C17H13BrClNO/c18-14-6-3-5-13(17(14)19)16(21)10-12-9-8-11-4-1-2-7-15(11)20-12/h1-9,16,21H,10H2. The second-order valence-corrected chi connectivity index (χ2v) is 6.09. The molecule has 2 nitrogen and oxygen atoms in total. The smallest absolute Gasteiger partial charge is 0.0860 e. The molecular weight excluding hydrogens is 350 g/mol. The van der Waals surface area contributed by atoms with Crippen molar-refractivity contribution in [1.29, 1.82) is 0 Å². The lowest BCUT2D eigenvalue weighted by molar-refractivity contribution is 0.177. The molecule has 1 unspecified atom stereocenters. The zero-order valence-electron chi connectivity index (χ0n) is 11.1. The monoisotopic (exact) mass is 361 g/mol. The Labute approximate surface area is 136 Å². The van der Waals surface area contributed by atoms with Crippen molar-refractivity contribution in [1.82, 2.24) is 4.98 Å². The molecule has 2 aromatic carbocycles. The van der Waals surface area contributed by atoms with Crippen molar-refractivity contribution in [2.45, 2.75) is 12.5 Å². The third kappa shape index (κ3) is 3.10. The topological polar surface area (TPSA) is 33.1 Å². The summed E-state index contributed by atoms with van der Waals surface area (Å²) in [6.07, 6.45) is -0.246. The van der Waals surface area contributed by atoms with Crippen LogP contribution in [0.4, 0.5) is 0 Å². The Bertz CT molecular complexity index is 791. The highest BCUT2D eigenvalue weighted by molar-refractivity contribution is 9.10. The molecule has 0 saturated carbocycles. The van der Waals surface area contributed by atoms with Gasteiger partial charge in [0, 0.05) is 27.5 Å². The highest BCUT2D eigenvalue weighted by Crippen LogP contribution is 2.31. The van der Waals surface area contributed by atoms with E-state index in [4.69, 9.17) is 11.6 Å². The van der Waals surface area contributed by atoms with Crippen molar-refractivity contribution in [3.05, 3.63) is 75.4 Å². The number of hydrogen-bond acceptors (Lipinski definition) is 2. The van der Waals surface area contributed by atoms with E-state index >= 15 is 0 Å². The minimum Gasteiger partial charge on any atom is -0.388 e. The van der Waals surface area contributed by atoms with Crippen LogP contribution in [0.15, 0.2) is 59.1 Å². The highest BCUT2D eigenvalue weighted by Gasteiger charge is 2.14.